The van der Waals surface area contributed by atoms with E-state index in [1.807, 2.05) is 42.5 Å². The second-order valence-corrected chi connectivity index (χ2v) is 6.43. The summed E-state index contributed by atoms with van der Waals surface area (Å²) in [7, 11) is 0. The second kappa shape index (κ2) is 6.71. The molecule has 1 aromatic heterocycles. The molecule has 0 atom stereocenters. The van der Waals surface area contributed by atoms with E-state index in [9.17, 15) is 0 Å². The quantitative estimate of drug-likeness (QED) is 0.542. The third-order valence-corrected chi connectivity index (χ3v) is 4.59. The maximum absolute atomic E-state index is 6.00. The fraction of sp³-hybridized carbons (Fsp3) is 0.0952. The molecule has 25 heavy (non-hydrogen) atoms. The molecular weight excluding hydrogens is 330 g/mol. The van der Waals surface area contributed by atoms with E-state index in [0.29, 0.717) is 6.54 Å². The first kappa shape index (κ1) is 15.9. The van der Waals surface area contributed by atoms with Crippen molar-refractivity contribution >= 4 is 22.6 Å². The first-order chi connectivity index (χ1) is 12.3. The summed E-state index contributed by atoms with van der Waals surface area (Å²) in [5.41, 5.74) is 12.4. The van der Waals surface area contributed by atoms with Crippen molar-refractivity contribution in [3.05, 3.63) is 77.3 Å². The molecular formula is C21H18ClN3. The molecule has 4 rings (SSSR count). The Morgan fingerprint density at radius 1 is 0.880 bits per heavy atom. The van der Waals surface area contributed by atoms with Crippen LogP contribution in [-0.2, 0) is 6.42 Å². The molecule has 124 valence electrons. The highest BCUT2D eigenvalue weighted by Crippen LogP contribution is 2.33. The molecule has 0 amide bonds. The fourth-order valence-corrected chi connectivity index (χ4v) is 3.28. The van der Waals surface area contributed by atoms with Crippen molar-refractivity contribution in [1.82, 2.24) is 9.97 Å². The molecule has 0 fully saturated rings. The lowest BCUT2D eigenvalue weighted by Gasteiger charge is -2.10. The molecule has 3 aromatic carbocycles. The Bertz CT molecular complexity index is 1000. The number of rotatable bonds is 4. The van der Waals surface area contributed by atoms with Gasteiger partial charge in [0.05, 0.1) is 11.0 Å². The van der Waals surface area contributed by atoms with E-state index in [2.05, 4.69) is 29.2 Å². The lowest BCUT2D eigenvalue weighted by molar-refractivity contribution is 0.972. The van der Waals surface area contributed by atoms with E-state index in [0.717, 1.165) is 45.0 Å². The third-order valence-electron chi connectivity index (χ3n) is 4.33. The van der Waals surface area contributed by atoms with E-state index < -0.39 is 0 Å². The molecule has 0 unspecified atom stereocenters. The molecule has 0 aliphatic rings. The summed E-state index contributed by atoms with van der Waals surface area (Å²) in [6.07, 6.45) is 0.823. The third kappa shape index (κ3) is 3.04. The summed E-state index contributed by atoms with van der Waals surface area (Å²) < 4.78 is 0. The van der Waals surface area contributed by atoms with Crippen molar-refractivity contribution in [2.45, 2.75) is 6.42 Å². The number of hydrogen-bond acceptors (Lipinski definition) is 2. The maximum atomic E-state index is 6.00. The van der Waals surface area contributed by atoms with Crippen LogP contribution in [0.2, 0.25) is 5.02 Å². The van der Waals surface area contributed by atoms with Crippen molar-refractivity contribution in [2.24, 2.45) is 5.73 Å². The second-order valence-electron chi connectivity index (χ2n) is 5.99. The van der Waals surface area contributed by atoms with Crippen LogP contribution in [0, 0.1) is 0 Å². The van der Waals surface area contributed by atoms with Crippen molar-refractivity contribution < 1.29 is 0 Å². The minimum absolute atomic E-state index is 0.611. The minimum atomic E-state index is 0.611. The summed E-state index contributed by atoms with van der Waals surface area (Å²) in [5.74, 6) is 0.841. The first-order valence-corrected chi connectivity index (χ1v) is 8.67. The number of aromatic amines is 1. The van der Waals surface area contributed by atoms with Gasteiger partial charge in [-0.15, -0.1) is 0 Å². The molecule has 3 N–H and O–H groups in total. The molecule has 1 heterocycles. The van der Waals surface area contributed by atoms with Crippen LogP contribution in [0.4, 0.5) is 0 Å². The zero-order valence-corrected chi connectivity index (χ0v) is 14.4. The van der Waals surface area contributed by atoms with Gasteiger partial charge in [-0.1, -0.05) is 48.0 Å². The average molecular weight is 348 g/mol. The number of nitrogens with two attached hydrogens (primary N) is 1. The van der Waals surface area contributed by atoms with Gasteiger partial charge in [-0.3, -0.25) is 0 Å². The predicted molar refractivity (Wildman–Crippen MR) is 105 cm³/mol. The van der Waals surface area contributed by atoms with Gasteiger partial charge < -0.3 is 10.7 Å². The number of benzene rings is 3. The highest BCUT2D eigenvalue weighted by molar-refractivity contribution is 6.30. The summed E-state index contributed by atoms with van der Waals surface area (Å²) in [4.78, 5) is 8.32. The van der Waals surface area contributed by atoms with Gasteiger partial charge >= 0.3 is 0 Å². The van der Waals surface area contributed by atoms with Crippen LogP contribution < -0.4 is 5.73 Å². The van der Waals surface area contributed by atoms with Crippen molar-refractivity contribution in [2.75, 3.05) is 6.54 Å². The van der Waals surface area contributed by atoms with Gasteiger partial charge in [0.15, 0.2) is 0 Å². The molecule has 0 saturated carbocycles. The Balaban J connectivity index is 1.93. The van der Waals surface area contributed by atoms with Crippen molar-refractivity contribution in [3.8, 4) is 22.5 Å². The predicted octanol–water partition coefficient (Wildman–Crippen LogP) is 5.05. The Morgan fingerprint density at radius 3 is 2.36 bits per heavy atom. The van der Waals surface area contributed by atoms with Gasteiger partial charge in [0, 0.05) is 16.1 Å². The Labute approximate surface area is 151 Å². The Kier molecular flexibility index (Phi) is 4.26. The zero-order chi connectivity index (χ0) is 17.2. The molecule has 0 aliphatic heterocycles. The van der Waals surface area contributed by atoms with Gasteiger partial charge in [0.25, 0.3) is 0 Å². The van der Waals surface area contributed by atoms with Crippen LogP contribution in [0.15, 0.2) is 66.7 Å². The largest absolute Gasteiger partial charge is 0.338 e. The van der Waals surface area contributed by atoms with Gasteiger partial charge in [0.1, 0.15) is 5.82 Å². The topological polar surface area (TPSA) is 54.7 Å². The lowest BCUT2D eigenvalue weighted by atomic mass is 9.96. The normalized spacial score (nSPS) is 11.1. The molecule has 0 radical (unpaired) electrons. The monoisotopic (exact) mass is 347 g/mol. The van der Waals surface area contributed by atoms with Crippen LogP contribution in [0.5, 0.6) is 0 Å². The Hall–Kier alpha value is -2.62. The van der Waals surface area contributed by atoms with E-state index in [1.165, 1.54) is 5.56 Å². The smallest absolute Gasteiger partial charge is 0.138 e. The Morgan fingerprint density at radius 2 is 1.64 bits per heavy atom. The highest BCUT2D eigenvalue weighted by Gasteiger charge is 2.14. The van der Waals surface area contributed by atoms with Crippen LogP contribution in [0.3, 0.4) is 0 Å². The summed E-state index contributed by atoms with van der Waals surface area (Å²) in [6, 6.07) is 22.3. The molecule has 4 heteroatoms. The fourth-order valence-electron chi connectivity index (χ4n) is 3.15. The molecule has 4 aromatic rings. The standard InChI is InChI=1S/C21H18ClN3/c22-17-9-6-16(7-10-17)21-24-18-11-8-15(12-13-23)19(20(18)25-21)14-4-2-1-3-5-14/h1-11H,12-13,23H2,(H,24,25). The van der Waals surface area contributed by atoms with Crippen LogP contribution >= 0.6 is 11.6 Å². The first-order valence-electron chi connectivity index (χ1n) is 8.29. The lowest BCUT2D eigenvalue weighted by Crippen LogP contribution is -2.04. The van der Waals surface area contributed by atoms with E-state index in [4.69, 9.17) is 22.3 Å². The van der Waals surface area contributed by atoms with Crippen molar-refractivity contribution in [1.29, 1.82) is 0 Å². The molecule has 0 saturated heterocycles. The average Bonchev–Trinajstić information content (AvgIpc) is 3.07. The zero-order valence-electron chi connectivity index (χ0n) is 13.7. The molecule has 0 bridgehead atoms. The maximum Gasteiger partial charge on any atom is 0.138 e. The van der Waals surface area contributed by atoms with Crippen LogP contribution in [0.1, 0.15) is 5.56 Å². The van der Waals surface area contributed by atoms with E-state index in [-0.39, 0.29) is 0 Å². The number of hydrogen-bond donors (Lipinski definition) is 2. The number of imidazole rings is 1. The summed E-state index contributed by atoms with van der Waals surface area (Å²) >= 11 is 6.00. The van der Waals surface area contributed by atoms with Gasteiger partial charge in [-0.2, -0.15) is 0 Å². The van der Waals surface area contributed by atoms with Gasteiger partial charge in [-0.25, -0.2) is 4.98 Å². The number of aromatic nitrogens is 2. The van der Waals surface area contributed by atoms with Gasteiger partial charge in [-0.05, 0) is 54.4 Å². The van der Waals surface area contributed by atoms with Crippen LogP contribution in [0.25, 0.3) is 33.5 Å². The number of H-pyrrole nitrogens is 1. The molecule has 0 aliphatic carbocycles. The van der Waals surface area contributed by atoms with Crippen molar-refractivity contribution in [3.63, 3.8) is 0 Å². The number of nitrogens with zero attached hydrogens (tertiary/aromatic N) is 1. The summed E-state index contributed by atoms with van der Waals surface area (Å²) in [5, 5.41) is 0.718. The number of nitrogens with one attached hydrogen (secondary N) is 1. The highest BCUT2D eigenvalue weighted by atomic mass is 35.5. The number of fused-ring (bicyclic) bond motifs is 1. The minimum Gasteiger partial charge on any atom is -0.338 e. The van der Waals surface area contributed by atoms with Crippen LogP contribution in [-0.4, -0.2) is 16.5 Å². The summed E-state index contributed by atoms with van der Waals surface area (Å²) in [6.45, 7) is 0.611. The molecule has 0 spiro atoms. The van der Waals surface area contributed by atoms with Gasteiger partial charge in [0.2, 0.25) is 0 Å². The van der Waals surface area contributed by atoms with E-state index >= 15 is 0 Å². The number of halogens is 1. The molecule has 3 nitrogen and oxygen atoms in total. The van der Waals surface area contributed by atoms with E-state index in [1.54, 1.807) is 0 Å². The SMILES string of the molecule is NCCc1ccc2[nH]c(-c3ccc(Cl)cc3)nc2c1-c1ccccc1.